The van der Waals surface area contributed by atoms with Crippen LogP contribution in [0.15, 0.2) is 48.5 Å². The predicted octanol–water partition coefficient (Wildman–Crippen LogP) is 4.12. The van der Waals surface area contributed by atoms with Gasteiger partial charge in [0.15, 0.2) is 11.6 Å². The number of aromatic nitrogens is 2. The molecule has 3 aromatic rings. The molecule has 0 saturated carbocycles. The maximum atomic E-state index is 13.8. The lowest BCUT2D eigenvalue weighted by Gasteiger charge is -2.09. The molecule has 0 amide bonds. The fourth-order valence-corrected chi connectivity index (χ4v) is 2.51. The Morgan fingerprint density at radius 1 is 1.16 bits per heavy atom. The number of nitro benzene ring substituents is 1. The van der Waals surface area contributed by atoms with Gasteiger partial charge in [-0.3, -0.25) is 10.1 Å². The minimum Gasteiger partial charge on any atom is -0.486 e. The van der Waals surface area contributed by atoms with Gasteiger partial charge in [-0.1, -0.05) is 12.1 Å². The molecule has 0 saturated heterocycles. The van der Waals surface area contributed by atoms with Crippen LogP contribution in [-0.2, 0) is 6.61 Å². The van der Waals surface area contributed by atoms with Gasteiger partial charge in [0.25, 0.3) is 5.69 Å². The van der Waals surface area contributed by atoms with Gasteiger partial charge in [-0.05, 0) is 43.7 Å². The molecule has 7 heteroatoms. The van der Waals surface area contributed by atoms with E-state index in [1.807, 2.05) is 48.9 Å². The van der Waals surface area contributed by atoms with Crippen molar-refractivity contribution < 1.29 is 14.1 Å². The van der Waals surface area contributed by atoms with Crippen LogP contribution in [-0.4, -0.2) is 14.7 Å². The SMILES string of the molecule is Cc1cc(C)n(-c2ccc(COc3ccc([N+](=O)[O-])cc3F)cc2)n1. The molecule has 3 rings (SSSR count). The molecular formula is C18H16FN3O3. The quantitative estimate of drug-likeness (QED) is 0.517. The second-order valence-electron chi connectivity index (χ2n) is 5.67. The van der Waals surface area contributed by atoms with Crippen molar-refractivity contribution in [2.75, 3.05) is 0 Å². The van der Waals surface area contributed by atoms with E-state index in [1.165, 1.54) is 12.1 Å². The van der Waals surface area contributed by atoms with Gasteiger partial charge in [0.2, 0.25) is 0 Å². The Labute approximate surface area is 143 Å². The minimum absolute atomic E-state index is 0.0202. The summed E-state index contributed by atoms with van der Waals surface area (Å²) in [6.45, 7) is 4.07. The Hall–Kier alpha value is -3.22. The van der Waals surface area contributed by atoms with Crippen LogP contribution in [0, 0.1) is 29.8 Å². The van der Waals surface area contributed by atoms with Crippen LogP contribution in [0.25, 0.3) is 5.69 Å². The molecular weight excluding hydrogens is 325 g/mol. The topological polar surface area (TPSA) is 70.2 Å². The van der Waals surface area contributed by atoms with Crippen LogP contribution in [0.5, 0.6) is 5.75 Å². The number of ether oxygens (including phenoxy) is 1. The molecule has 0 atom stereocenters. The molecule has 1 aromatic heterocycles. The predicted molar refractivity (Wildman–Crippen MR) is 90.4 cm³/mol. The summed E-state index contributed by atoms with van der Waals surface area (Å²) in [5.41, 5.74) is 3.45. The van der Waals surface area contributed by atoms with Crippen LogP contribution in [0.3, 0.4) is 0 Å². The summed E-state index contributed by atoms with van der Waals surface area (Å²) < 4.78 is 21.1. The summed E-state index contributed by atoms with van der Waals surface area (Å²) in [6, 6.07) is 12.9. The molecule has 0 fully saturated rings. The van der Waals surface area contributed by atoms with Gasteiger partial charge < -0.3 is 4.74 Å². The second kappa shape index (κ2) is 6.72. The summed E-state index contributed by atoms with van der Waals surface area (Å²) in [4.78, 5) is 9.96. The largest absolute Gasteiger partial charge is 0.486 e. The maximum absolute atomic E-state index is 13.8. The molecule has 1 heterocycles. The van der Waals surface area contributed by atoms with Crippen molar-refractivity contribution in [3.63, 3.8) is 0 Å². The highest BCUT2D eigenvalue weighted by molar-refractivity contribution is 5.38. The van der Waals surface area contributed by atoms with E-state index in [4.69, 9.17) is 4.74 Å². The van der Waals surface area contributed by atoms with Crippen LogP contribution in [0.4, 0.5) is 10.1 Å². The smallest absolute Gasteiger partial charge is 0.272 e. The van der Waals surface area contributed by atoms with Gasteiger partial charge in [-0.25, -0.2) is 9.07 Å². The maximum Gasteiger partial charge on any atom is 0.272 e. The lowest BCUT2D eigenvalue weighted by molar-refractivity contribution is -0.385. The molecule has 25 heavy (non-hydrogen) atoms. The van der Waals surface area contributed by atoms with Crippen LogP contribution in [0.2, 0.25) is 0 Å². The molecule has 0 unspecified atom stereocenters. The highest BCUT2D eigenvalue weighted by atomic mass is 19.1. The van der Waals surface area contributed by atoms with Gasteiger partial charge >= 0.3 is 0 Å². The molecule has 6 nitrogen and oxygen atoms in total. The zero-order chi connectivity index (χ0) is 18.0. The van der Waals surface area contributed by atoms with Crippen LogP contribution in [0.1, 0.15) is 17.0 Å². The van der Waals surface area contributed by atoms with Gasteiger partial charge in [-0.15, -0.1) is 0 Å². The summed E-state index contributed by atoms with van der Waals surface area (Å²) in [5.74, 6) is -0.776. The van der Waals surface area contributed by atoms with Crippen LogP contribution >= 0.6 is 0 Å². The number of hydrogen-bond acceptors (Lipinski definition) is 4. The van der Waals surface area contributed by atoms with Crippen molar-refractivity contribution in [3.05, 3.63) is 81.4 Å². The van der Waals surface area contributed by atoms with Crippen molar-refractivity contribution in [2.45, 2.75) is 20.5 Å². The van der Waals surface area contributed by atoms with E-state index < -0.39 is 10.7 Å². The van der Waals surface area contributed by atoms with Gasteiger partial charge in [0.05, 0.1) is 22.4 Å². The number of nitrogens with zero attached hydrogens (tertiary/aromatic N) is 3. The first-order valence-electron chi connectivity index (χ1n) is 7.63. The highest BCUT2D eigenvalue weighted by Gasteiger charge is 2.11. The zero-order valence-corrected chi connectivity index (χ0v) is 13.8. The summed E-state index contributed by atoms with van der Waals surface area (Å²) >= 11 is 0. The lowest BCUT2D eigenvalue weighted by Crippen LogP contribution is -2.01. The van der Waals surface area contributed by atoms with Crippen molar-refractivity contribution in [3.8, 4) is 11.4 Å². The standard InChI is InChI=1S/C18H16FN3O3/c1-12-9-13(2)21(20-12)15-5-3-14(4-6-15)11-25-18-8-7-16(22(23)24)10-17(18)19/h3-10H,11H2,1-2H3. The van der Waals surface area contributed by atoms with E-state index in [2.05, 4.69) is 5.10 Å². The Bertz CT molecular complexity index is 920. The number of rotatable bonds is 5. The minimum atomic E-state index is -0.756. The average Bonchev–Trinajstić information content (AvgIpc) is 2.92. The first-order chi connectivity index (χ1) is 11.9. The normalized spacial score (nSPS) is 10.7. The van der Waals surface area contributed by atoms with Gasteiger partial charge in [0.1, 0.15) is 6.61 Å². The van der Waals surface area contributed by atoms with E-state index in [-0.39, 0.29) is 18.0 Å². The van der Waals surface area contributed by atoms with E-state index in [0.717, 1.165) is 28.7 Å². The van der Waals surface area contributed by atoms with Crippen molar-refractivity contribution in [1.82, 2.24) is 9.78 Å². The summed E-state index contributed by atoms with van der Waals surface area (Å²) in [6.07, 6.45) is 0. The third-order valence-electron chi connectivity index (χ3n) is 3.71. The van der Waals surface area contributed by atoms with E-state index >= 15 is 0 Å². The first-order valence-corrected chi connectivity index (χ1v) is 7.63. The molecule has 0 aliphatic carbocycles. The first kappa shape index (κ1) is 16.6. The third-order valence-corrected chi connectivity index (χ3v) is 3.71. The van der Waals surface area contributed by atoms with Crippen LogP contribution < -0.4 is 4.74 Å². The lowest BCUT2D eigenvalue weighted by atomic mass is 10.2. The Balaban J connectivity index is 1.70. The van der Waals surface area contributed by atoms with Gasteiger partial charge in [0, 0.05) is 11.8 Å². The molecule has 0 bridgehead atoms. The van der Waals surface area contributed by atoms with Crippen molar-refractivity contribution >= 4 is 5.69 Å². The molecule has 0 spiro atoms. The Morgan fingerprint density at radius 3 is 2.44 bits per heavy atom. The van der Waals surface area contributed by atoms with Crippen molar-refractivity contribution in [1.29, 1.82) is 0 Å². The van der Waals surface area contributed by atoms with E-state index in [1.54, 1.807) is 0 Å². The fraction of sp³-hybridized carbons (Fsp3) is 0.167. The highest BCUT2D eigenvalue weighted by Crippen LogP contribution is 2.23. The zero-order valence-electron chi connectivity index (χ0n) is 13.8. The summed E-state index contributed by atoms with van der Waals surface area (Å²) in [5, 5.41) is 15.0. The third kappa shape index (κ3) is 3.65. The number of aryl methyl sites for hydroxylation is 2. The molecule has 0 N–H and O–H groups in total. The Morgan fingerprint density at radius 2 is 1.88 bits per heavy atom. The average molecular weight is 341 g/mol. The van der Waals surface area contributed by atoms with E-state index in [9.17, 15) is 14.5 Å². The number of non-ortho nitro benzene ring substituents is 1. The van der Waals surface area contributed by atoms with Gasteiger partial charge in [-0.2, -0.15) is 5.10 Å². The molecule has 2 aromatic carbocycles. The molecule has 128 valence electrons. The number of benzene rings is 2. The molecule has 0 radical (unpaired) electrons. The summed E-state index contributed by atoms with van der Waals surface area (Å²) in [7, 11) is 0. The fourth-order valence-electron chi connectivity index (χ4n) is 2.51. The number of nitro groups is 1. The molecule has 0 aliphatic rings. The van der Waals surface area contributed by atoms with Crippen molar-refractivity contribution in [2.24, 2.45) is 0 Å². The molecule has 0 aliphatic heterocycles. The van der Waals surface area contributed by atoms with E-state index in [0.29, 0.717) is 0 Å². The Kier molecular flexibility index (Phi) is 4.47. The number of hydrogen-bond donors (Lipinski definition) is 0. The monoisotopic (exact) mass is 341 g/mol. The second-order valence-corrected chi connectivity index (χ2v) is 5.67. The number of halogens is 1.